The lowest BCUT2D eigenvalue weighted by Crippen LogP contribution is -2.20. The van der Waals surface area contributed by atoms with Crippen molar-refractivity contribution in [3.05, 3.63) is 72.2 Å². The van der Waals surface area contributed by atoms with Crippen molar-refractivity contribution < 1.29 is 4.79 Å². The molecule has 0 saturated heterocycles. The normalized spacial score (nSPS) is 10.6. The molecule has 0 unspecified atom stereocenters. The van der Waals surface area contributed by atoms with Crippen molar-refractivity contribution in [2.24, 2.45) is 7.05 Å². The van der Waals surface area contributed by atoms with Crippen molar-refractivity contribution in [1.29, 1.82) is 5.26 Å². The zero-order chi connectivity index (χ0) is 21.1. The molecular weight excluding hydrogens is 378 g/mol. The van der Waals surface area contributed by atoms with Gasteiger partial charge in [-0.05, 0) is 24.3 Å². The van der Waals surface area contributed by atoms with Gasteiger partial charge in [0.2, 0.25) is 5.91 Å². The van der Waals surface area contributed by atoms with E-state index >= 15 is 0 Å². The molecule has 2 aromatic heterocycles. The highest BCUT2D eigenvalue weighted by atomic mass is 16.1. The number of hydrogen-bond donors (Lipinski definition) is 1. The highest BCUT2D eigenvalue weighted by molar-refractivity contribution is 5.77. The summed E-state index contributed by atoms with van der Waals surface area (Å²) >= 11 is 0. The molecule has 0 saturated carbocycles. The van der Waals surface area contributed by atoms with Gasteiger partial charge in [0.1, 0.15) is 11.5 Å². The maximum atomic E-state index is 11.9. The molecular formula is C22H19N7O. The quantitative estimate of drug-likeness (QED) is 0.557. The molecule has 0 bridgehead atoms. The highest BCUT2D eigenvalue weighted by Crippen LogP contribution is 2.26. The van der Waals surface area contributed by atoms with Crippen LogP contribution in [0.25, 0.3) is 28.6 Å². The van der Waals surface area contributed by atoms with E-state index in [4.69, 9.17) is 5.26 Å². The van der Waals surface area contributed by atoms with Crippen molar-refractivity contribution in [2.45, 2.75) is 6.42 Å². The van der Waals surface area contributed by atoms with Crippen LogP contribution in [0.5, 0.6) is 0 Å². The van der Waals surface area contributed by atoms with Crippen LogP contribution in [0.15, 0.2) is 60.8 Å². The maximum absolute atomic E-state index is 11.9. The van der Waals surface area contributed by atoms with Crippen LogP contribution in [0.3, 0.4) is 0 Å². The summed E-state index contributed by atoms with van der Waals surface area (Å²) in [6, 6.07) is 19.0. The summed E-state index contributed by atoms with van der Waals surface area (Å²) in [6.45, 7) is 0. The first-order valence-corrected chi connectivity index (χ1v) is 9.35. The zero-order valence-corrected chi connectivity index (χ0v) is 16.6. The molecule has 8 heteroatoms. The minimum absolute atomic E-state index is 0.0656. The number of likely N-dealkylation sites (N-methyl/N-ethyl adjacent to an activating group) is 1. The van der Waals surface area contributed by atoms with E-state index in [0.29, 0.717) is 17.2 Å². The van der Waals surface area contributed by atoms with E-state index in [1.807, 2.05) is 41.9 Å². The van der Waals surface area contributed by atoms with Gasteiger partial charge in [-0.3, -0.25) is 4.79 Å². The molecule has 0 aliphatic heterocycles. The summed E-state index contributed by atoms with van der Waals surface area (Å²) in [5, 5.41) is 16.2. The molecule has 30 heavy (non-hydrogen) atoms. The van der Waals surface area contributed by atoms with E-state index < -0.39 is 0 Å². The highest BCUT2D eigenvalue weighted by Gasteiger charge is 2.20. The topological polar surface area (TPSA) is 101 Å². The van der Waals surface area contributed by atoms with Gasteiger partial charge >= 0.3 is 0 Å². The summed E-state index contributed by atoms with van der Waals surface area (Å²) in [7, 11) is 3.50. The Labute approximate surface area is 173 Å². The molecule has 1 N–H and O–H groups in total. The van der Waals surface area contributed by atoms with Crippen LogP contribution in [-0.4, -0.2) is 37.3 Å². The van der Waals surface area contributed by atoms with E-state index in [-0.39, 0.29) is 12.3 Å². The SMILES string of the molecule is CNC(=O)Cc1nc(-c2cnc(-c3ccccc3)n2C)n(-c2ccc(C#N)cc2)n1. The Bertz CT molecular complexity index is 1230. The fourth-order valence-electron chi connectivity index (χ4n) is 3.16. The second kappa shape index (κ2) is 8.01. The Hall–Kier alpha value is -4.25. The van der Waals surface area contributed by atoms with Crippen LogP contribution in [0, 0.1) is 11.3 Å². The van der Waals surface area contributed by atoms with Crippen molar-refractivity contribution in [3.63, 3.8) is 0 Å². The van der Waals surface area contributed by atoms with Gasteiger partial charge in [-0.15, -0.1) is 0 Å². The summed E-state index contributed by atoms with van der Waals surface area (Å²) < 4.78 is 3.62. The maximum Gasteiger partial charge on any atom is 0.227 e. The fraction of sp³-hybridized carbons (Fsp3) is 0.136. The van der Waals surface area contributed by atoms with E-state index in [1.54, 1.807) is 42.2 Å². The van der Waals surface area contributed by atoms with Crippen LogP contribution < -0.4 is 5.32 Å². The number of nitriles is 1. The molecule has 1 amide bonds. The zero-order valence-electron chi connectivity index (χ0n) is 16.6. The first-order valence-electron chi connectivity index (χ1n) is 9.35. The number of imidazole rings is 1. The number of benzene rings is 2. The lowest BCUT2D eigenvalue weighted by molar-refractivity contribution is -0.120. The number of aromatic nitrogens is 5. The molecule has 148 valence electrons. The number of hydrogen-bond acceptors (Lipinski definition) is 5. The third-order valence-electron chi connectivity index (χ3n) is 4.74. The molecule has 2 heterocycles. The average Bonchev–Trinajstić information content (AvgIpc) is 3.37. The number of nitrogens with one attached hydrogen (secondary N) is 1. The van der Waals surface area contributed by atoms with Crippen LogP contribution in [0.4, 0.5) is 0 Å². The number of rotatable bonds is 5. The Morgan fingerprint density at radius 3 is 2.50 bits per heavy atom. The average molecular weight is 397 g/mol. The number of amides is 1. The van der Waals surface area contributed by atoms with Gasteiger partial charge in [-0.1, -0.05) is 30.3 Å². The van der Waals surface area contributed by atoms with Gasteiger partial charge in [0, 0.05) is 19.7 Å². The Morgan fingerprint density at radius 1 is 1.10 bits per heavy atom. The molecule has 4 aromatic rings. The standard InChI is InChI=1S/C22H19N7O/c1-24-20(30)12-19-26-22(29(27-19)17-10-8-15(13-23)9-11-17)18-14-25-21(28(18)2)16-6-4-3-5-7-16/h3-11,14H,12H2,1-2H3,(H,24,30). The van der Waals surface area contributed by atoms with Gasteiger partial charge in [0.05, 0.1) is 29.9 Å². The van der Waals surface area contributed by atoms with Crippen LogP contribution in [0.1, 0.15) is 11.4 Å². The summed E-state index contributed by atoms with van der Waals surface area (Å²) in [4.78, 5) is 21.1. The van der Waals surface area contributed by atoms with Crippen molar-refractivity contribution in [3.8, 4) is 34.7 Å². The summed E-state index contributed by atoms with van der Waals surface area (Å²) in [6.07, 6.45) is 1.81. The van der Waals surface area contributed by atoms with Crippen molar-refractivity contribution in [2.75, 3.05) is 7.05 Å². The van der Waals surface area contributed by atoms with E-state index in [2.05, 4.69) is 26.5 Å². The first kappa shape index (κ1) is 19.1. The van der Waals surface area contributed by atoms with E-state index in [0.717, 1.165) is 22.8 Å². The lowest BCUT2D eigenvalue weighted by atomic mass is 10.2. The second-order valence-electron chi connectivity index (χ2n) is 6.66. The Balaban J connectivity index is 1.83. The number of carbonyl (C=O) groups is 1. The van der Waals surface area contributed by atoms with Gasteiger partial charge < -0.3 is 9.88 Å². The van der Waals surface area contributed by atoms with Crippen molar-refractivity contribution in [1.82, 2.24) is 29.6 Å². The number of nitrogens with zero attached hydrogens (tertiary/aromatic N) is 6. The van der Waals surface area contributed by atoms with Crippen LogP contribution in [-0.2, 0) is 18.3 Å². The Kier molecular flexibility index (Phi) is 5.09. The predicted molar refractivity (Wildman–Crippen MR) is 111 cm³/mol. The molecule has 0 fully saturated rings. The molecule has 0 spiro atoms. The van der Waals surface area contributed by atoms with Crippen LogP contribution in [0.2, 0.25) is 0 Å². The van der Waals surface area contributed by atoms with Crippen molar-refractivity contribution >= 4 is 5.91 Å². The summed E-state index contributed by atoms with van der Waals surface area (Å²) in [5.41, 5.74) is 3.04. The van der Waals surface area contributed by atoms with Crippen LogP contribution >= 0.6 is 0 Å². The second-order valence-corrected chi connectivity index (χ2v) is 6.66. The van der Waals surface area contributed by atoms with Gasteiger partial charge in [0.15, 0.2) is 11.6 Å². The molecule has 8 nitrogen and oxygen atoms in total. The molecule has 0 aliphatic carbocycles. The van der Waals surface area contributed by atoms with Gasteiger partial charge in [0.25, 0.3) is 0 Å². The number of carbonyl (C=O) groups excluding carboxylic acids is 1. The predicted octanol–water partition coefficient (Wildman–Crippen LogP) is 2.49. The molecule has 4 rings (SSSR count). The fourth-order valence-corrected chi connectivity index (χ4v) is 3.16. The minimum atomic E-state index is -0.173. The Morgan fingerprint density at radius 2 is 1.83 bits per heavy atom. The largest absolute Gasteiger partial charge is 0.359 e. The van der Waals surface area contributed by atoms with E-state index in [1.165, 1.54) is 0 Å². The van der Waals surface area contributed by atoms with Gasteiger partial charge in [-0.25, -0.2) is 14.6 Å². The third-order valence-corrected chi connectivity index (χ3v) is 4.74. The lowest BCUT2D eigenvalue weighted by Gasteiger charge is -2.08. The van der Waals surface area contributed by atoms with Gasteiger partial charge in [-0.2, -0.15) is 10.4 Å². The molecule has 0 atom stereocenters. The molecule has 2 aromatic carbocycles. The smallest absolute Gasteiger partial charge is 0.227 e. The monoisotopic (exact) mass is 397 g/mol. The first-order chi connectivity index (χ1) is 14.6. The summed E-state index contributed by atoms with van der Waals surface area (Å²) in [5.74, 6) is 1.59. The molecule has 0 aliphatic rings. The molecule has 0 radical (unpaired) electrons. The third kappa shape index (κ3) is 3.56. The minimum Gasteiger partial charge on any atom is -0.359 e. The van der Waals surface area contributed by atoms with E-state index in [9.17, 15) is 4.79 Å².